The maximum Gasteiger partial charge on any atom is 0.326 e. The summed E-state index contributed by atoms with van der Waals surface area (Å²) in [5.74, 6) is 0.756. The number of hydrogen-bond donors (Lipinski definition) is 2. The molecule has 1 atom stereocenters. The fourth-order valence-corrected chi connectivity index (χ4v) is 2.54. The van der Waals surface area contributed by atoms with Crippen LogP contribution in [0.2, 0.25) is 0 Å². The van der Waals surface area contributed by atoms with E-state index < -0.39 is 11.9 Å². The number of carbonyl (C=O) groups is 2. The molecule has 0 aromatic heterocycles. The molecule has 1 aromatic rings. The van der Waals surface area contributed by atoms with Crippen molar-refractivity contribution in [2.45, 2.75) is 33.3 Å². The van der Waals surface area contributed by atoms with E-state index in [1.54, 1.807) is 12.1 Å². The molecule has 124 valence electrons. The van der Waals surface area contributed by atoms with Crippen LogP contribution in [0.3, 0.4) is 0 Å². The number of ether oxygens (including phenoxy) is 2. The lowest BCUT2D eigenvalue weighted by molar-refractivity contribution is -0.115. The van der Waals surface area contributed by atoms with Gasteiger partial charge < -0.3 is 14.8 Å². The van der Waals surface area contributed by atoms with Crippen LogP contribution in [0.4, 0.5) is 4.79 Å². The Hall–Kier alpha value is -2.02. The summed E-state index contributed by atoms with van der Waals surface area (Å²) in [6, 6.07) is 3.06. The Kier molecular flexibility index (Phi) is 5.65. The number of halogens is 1. The maximum atomic E-state index is 11.6. The second kappa shape index (κ2) is 7.50. The molecule has 0 radical (unpaired) electrons. The van der Waals surface area contributed by atoms with Crippen LogP contribution in [0, 0.1) is 0 Å². The van der Waals surface area contributed by atoms with Crippen molar-refractivity contribution < 1.29 is 19.1 Å². The lowest BCUT2D eigenvalue weighted by Crippen LogP contribution is -2.22. The summed E-state index contributed by atoms with van der Waals surface area (Å²) >= 11 is 3.48. The molecule has 0 spiro atoms. The fourth-order valence-electron chi connectivity index (χ4n) is 1.98. The number of imide groups is 1. The zero-order chi connectivity index (χ0) is 17.0. The van der Waals surface area contributed by atoms with Crippen molar-refractivity contribution in [3.05, 3.63) is 27.9 Å². The van der Waals surface area contributed by atoms with E-state index in [1.165, 1.54) is 0 Å². The van der Waals surface area contributed by atoms with Crippen LogP contribution in [0.15, 0.2) is 22.3 Å². The zero-order valence-corrected chi connectivity index (χ0v) is 14.8. The van der Waals surface area contributed by atoms with Gasteiger partial charge in [-0.2, -0.15) is 0 Å². The summed E-state index contributed by atoms with van der Waals surface area (Å²) in [5, 5.41) is 4.61. The van der Waals surface area contributed by atoms with Gasteiger partial charge in [0.2, 0.25) is 0 Å². The molecule has 23 heavy (non-hydrogen) atoms. The second-order valence-electron chi connectivity index (χ2n) is 5.07. The molecule has 2 rings (SSSR count). The molecule has 1 fully saturated rings. The van der Waals surface area contributed by atoms with Gasteiger partial charge in [-0.25, -0.2) is 4.79 Å². The molecule has 1 aliphatic rings. The summed E-state index contributed by atoms with van der Waals surface area (Å²) in [6.07, 6.45) is 2.51. The molecule has 7 heteroatoms. The van der Waals surface area contributed by atoms with Crippen LogP contribution in [0.1, 0.15) is 32.8 Å². The molecule has 1 aromatic carbocycles. The summed E-state index contributed by atoms with van der Waals surface area (Å²) < 4.78 is 12.3. The van der Waals surface area contributed by atoms with Gasteiger partial charge in [0.25, 0.3) is 5.91 Å². The lowest BCUT2D eigenvalue weighted by atomic mass is 10.1. The maximum absolute atomic E-state index is 11.6. The van der Waals surface area contributed by atoms with Crippen molar-refractivity contribution in [2.24, 2.45) is 0 Å². The Morgan fingerprint density at radius 1 is 1.26 bits per heavy atom. The first kappa shape index (κ1) is 17.3. The highest BCUT2D eigenvalue weighted by Crippen LogP contribution is 2.38. The molecule has 1 saturated heterocycles. The molecular weight excluding hydrogens is 364 g/mol. The van der Waals surface area contributed by atoms with Gasteiger partial charge in [-0.05, 0) is 60.0 Å². The van der Waals surface area contributed by atoms with Crippen LogP contribution in [-0.2, 0) is 4.79 Å². The van der Waals surface area contributed by atoms with Gasteiger partial charge in [0.05, 0.1) is 17.2 Å². The van der Waals surface area contributed by atoms with Crippen LogP contribution in [-0.4, -0.2) is 24.6 Å². The number of hydrogen-bond acceptors (Lipinski definition) is 4. The van der Waals surface area contributed by atoms with Gasteiger partial charge in [-0.3, -0.25) is 10.1 Å². The van der Waals surface area contributed by atoms with Gasteiger partial charge in [-0.1, -0.05) is 6.92 Å². The molecule has 2 N–H and O–H groups in total. The van der Waals surface area contributed by atoms with E-state index in [0.717, 1.165) is 10.9 Å². The zero-order valence-electron chi connectivity index (χ0n) is 13.2. The standard InChI is InChI=1S/C16H19BrN2O4/c1-4-9(3)23-14-11(17)6-10(8-13(14)22-5-2)7-12-15(20)19-16(21)18-12/h6-9H,4-5H2,1-3H3,(H2,18,19,20,21)/b12-7-/t9-/m1/s1. The van der Waals surface area contributed by atoms with Crippen LogP contribution in [0.25, 0.3) is 6.08 Å². The van der Waals surface area contributed by atoms with E-state index >= 15 is 0 Å². The molecular formula is C16H19BrN2O4. The number of nitrogens with one attached hydrogen (secondary N) is 2. The number of urea groups is 1. The van der Waals surface area contributed by atoms with Gasteiger partial charge in [-0.15, -0.1) is 0 Å². The molecule has 6 nitrogen and oxygen atoms in total. The average molecular weight is 383 g/mol. The molecule has 0 saturated carbocycles. The predicted octanol–water partition coefficient (Wildman–Crippen LogP) is 3.21. The second-order valence-corrected chi connectivity index (χ2v) is 5.92. The summed E-state index contributed by atoms with van der Waals surface area (Å²) in [7, 11) is 0. The SMILES string of the molecule is CCOc1cc(/C=C2\NC(=O)NC2=O)cc(Br)c1O[C@H](C)CC. The fraction of sp³-hybridized carbons (Fsp3) is 0.375. The summed E-state index contributed by atoms with van der Waals surface area (Å²) in [4.78, 5) is 22.8. The van der Waals surface area contributed by atoms with Crippen LogP contribution < -0.4 is 20.1 Å². The third kappa shape index (κ3) is 4.25. The Bertz CT molecular complexity index is 658. The van der Waals surface area contributed by atoms with E-state index in [4.69, 9.17) is 9.47 Å². The third-order valence-electron chi connectivity index (χ3n) is 3.26. The predicted molar refractivity (Wildman–Crippen MR) is 90.3 cm³/mol. The van der Waals surface area contributed by atoms with Crippen molar-refractivity contribution in [1.29, 1.82) is 0 Å². The first-order valence-electron chi connectivity index (χ1n) is 7.41. The van der Waals surface area contributed by atoms with Crippen LogP contribution >= 0.6 is 15.9 Å². The Balaban J connectivity index is 2.37. The van der Waals surface area contributed by atoms with Crippen LogP contribution in [0.5, 0.6) is 11.5 Å². The smallest absolute Gasteiger partial charge is 0.326 e. The van der Waals surface area contributed by atoms with Gasteiger partial charge in [0.15, 0.2) is 11.5 Å². The highest BCUT2D eigenvalue weighted by molar-refractivity contribution is 9.10. The van der Waals surface area contributed by atoms with Crippen molar-refractivity contribution in [2.75, 3.05) is 6.61 Å². The Morgan fingerprint density at radius 2 is 2.00 bits per heavy atom. The van der Waals surface area contributed by atoms with Gasteiger partial charge in [0, 0.05) is 0 Å². The number of benzene rings is 1. The minimum Gasteiger partial charge on any atom is -0.490 e. The van der Waals surface area contributed by atoms with E-state index in [2.05, 4.69) is 26.6 Å². The normalized spacial score (nSPS) is 17.0. The third-order valence-corrected chi connectivity index (χ3v) is 3.85. The Morgan fingerprint density at radius 3 is 2.57 bits per heavy atom. The molecule has 1 heterocycles. The van der Waals surface area contributed by atoms with Crippen molar-refractivity contribution in [3.63, 3.8) is 0 Å². The average Bonchev–Trinajstić information content (AvgIpc) is 2.80. The van der Waals surface area contributed by atoms with Gasteiger partial charge >= 0.3 is 6.03 Å². The molecule has 0 aliphatic carbocycles. The number of rotatable bonds is 6. The van der Waals surface area contributed by atoms with E-state index in [0.29, 0.717) is 23.7 Å². The van der Waals surface area contributed by atoms with E-state index in [-0.39, 0.29) is 11.8 Å². The van der Waals surface area contributed by atoms with Crippen molar-refractivity contribution in [3.8, 4) is 11.5 Å². The summed E-state index contributed by atoms with van der Waals surface area (Å²) in [6.45, 7) is 6.40. The molecule has 3 amide bonds. The highest BCUT2D eigenvalue weighted by Gasteiger charge is 2.23. The first-order chi connectivity index (χ1) is 10.9. The first-order valence-corrected chi connectivity index (χ1v) is 8.20. The Labute approximate surface area is 143 Å². The lowest BCUT2D eigenvalue weighted by Gasteiger charge is -2.18. The quantitative estimate of drug-likeness (QED) is 0.584. The van der Waals surface area contributed by atoms with E-state index in [9.17, 15) is 9.59 Å². The minimum atomic E-state index is -0.526. The number of carbonyl (C=O) groups excluding carboxylic acids is 2. The monoisotopic (exact) mass is 382 g/mol. The minimum absolute atomic E-state index is 0.0506. The highest BCUT2D eigenvalue weighted by atomic mass is 79.9. The van der Waals surface area contributed by atoms with E-state index in [1.807, 2.05) is 26.8 Å². The summed E-state index contributed by atoms with van der Waals surface area (Å²) in [5.41, 5.74) is 0.907. The largest absolute Gasteiger partial charge is 0.490 e. The molecule has 0 bridgehead atoms. The molecule has 0 unspecified atom stereocenters. The topological polar surface area (TPSA) is 76.7 Å². The van der Waals surface area contributed by atoms with Crippen molar-refractivity contribution >= 4 is 33.9 Å². The van der Waals surface area contributed by atoms with Gasteiger partial charge in [0.1, 0.15) is 5.70 Å². The van der Waals surface area contributed by atoms with Crippen molar-refractivity contribution in [1.82, 2.24) is 10.6 Å². The number of amides is 3. The molecule has 1 aliphatic heterocycles.